The van der Waals surface area contributed by atoms with Gasteiger partial charge in [-0.3, -0.25) is 0 Å². The standard InChI is InChI=1S/C8H12N2/c1-2-3-4-5-8-9-6-7-10-8/h4-7H,2-3H2,1H3,(H,9,10)/b5-4-. The minimum absolute atomic E-state index is 0.938. The van der Waals surface area contributed by atoms with Crippen molar-refractivity contribution in [3.8, 4) is 0 Å². The molecular formula is C8H12N2. The first-order valence-electron chi connectivity index (χ1n) is 3.59. The number of unbranched alkanes of at least 4 members (excludes halogenated alkanes) is 1. The zero-order valence-electron chi connectivity index (χ0n) is 6.17. The van der Waals surface area contributed by atoms with E-state index in [-0.39, 0.29) is 0 Å². The van der Waals surface area contributed by atoms with Gasteiger partial charge in [0.2, 0.25) is 0 Å². The van der Waals surface area contributed by atoms with Crippen molar-refractivity contribution in [3.63, 3.8) is 0 Å². The molecule has 0 aromatic carbocycles. The number of nitrogens with one attached hydrogen (secondary N) is 1. The predicted molar refractivity (Wildman–Crippen MR) is 42.5 cm³/mol. The number of allylic oxidation sites excluding steroid dienone is 1. The number of hydrogen-bond donors (Lipinski definition) is 1. The molecule has 0 radical (unpaired) electrons. The van der Waals surface area contributed by atoms with Gasteiger partial charge >= 0.3 is 0 Å². The van der Waals surface area contributed by atoms with Crippen molar-refractivity contribution in [2.24, 2.45) is 0 Å². The Kier molecular flexibility index (Phi) is 2.74. The lowest BCUT2D eigenvalue weighted by molar-refractivity contribution is 0.961. The van der Waals surface area contributed by atoms with Crippen LogP contribution in [0.25, 0.3) is 6.08 Å². The van der Waals surface area contributed by atoms with Crippen molar-refractivity contribution in [1.29, 1.82) is 0 Å². The van der Waals surface area contributed by atoms with Crippen LogP contribution in [0.15, 0.2) is 18.5 Å². The molecule has 0 atom stereocenters. The molecule has 0 aliphatic heterocycles. The minimum atomic E-state index is 0.938. The number of nitrogens with zero attached hydrogens (tertiary/aromatic N) is 1. The molecule has 0 fully saturated rings. The van der Waals surface area contributed by atoms with E-state index in [0.29, 0.717) is 0 Å². The van der Waals surface area contributed by atoms with Gasteiger partial charge in [0, 0.05) is 12.4 Å². The predicted octanol–water partition coefficient (Wildman–Crippen LogP) is 2.22. The minimum Gasteiger partial charge on any atom is -0.345 e. The zero-order valence-corrected chi connectivity index (χ0v) is 6.17. The summed E-state index contributed by atoms with van der Waals surface area (Å²) in [6.45, 7) is 2.16. The summed E-state index contributed by atoms with van der Waals surface area (Å²) >= 11 is 0. The smallest absolute Gasteiger partial charge is 0.129 e. The SMILES string of the molecule is CCC/C=C\c1ncc[nH]1. The average Bonchev–Trinajstić information content (AvgIpc) is 2.41. The normalized spacial score (nSPS) is 10.9. The summed E-state index contributed by atoms with van der Waals surface area (Å²) in [7, 11) is 0. The fraction of sp³-hybridized carbons (Fsp3) is 0.375. The van der Waals surface area contributed by atoms with Crippen molar-refractivity contribution < 1.29 is 0 Å². The molecule has 0 saturated heterocycles. The van der Waals surface area contributed by atoms with Gasteiger partial charge in [-0.25, -0.2) is 4.98 Å². The third kappa shape index (κ3) is 2.05. The highest BCUT2D eigenvalue weighted by Crippen LogP contribution is 1.95. The molecular weight excluding hydrogens is 124 g/mol. The van der Waals surface area contributed by atoms with E-state index >= 15 is 0 Å². The Bertz CT molecular complexity index is 187. The van der Waals surface area contributed by atoms with E-state index in [0.717, 1.165) is 12.2 Å². The molecule has 10 heavy (non-hydrogen) atoms. The van der Waals surface area contributed by atoms with Gasteiger partial charge in [-0.2, -0.15) is 0 Å². The van der Waals surface area contributed by atoms with E-state index in [1.54, 1.807) is 6.20 Å². The first-order valence-corrected chi connectivity index (χ1v) is 3.59. The van der Waals surface area contributed by atoms with E-state index in [1.807, 2.05) is 12.3 Å². The molecule has 1 rings (SSSR count). The molecule has 0 spiro atoms. The summed E-state index contributed by atoms with van der Waals surface area (Å²) in [5.74, 6) is 0.938. The van der Waals surface area contributed by atoms with Gasteiger partial charge in [-0.05, 0) is 12.5 Å². The number of hydrogen-bond acceptors (Lipinski definition) is 1. The van der Waals surface area contributed by atoms with Crippen molar-refractivity contribution in [3.05, 3.63) is 24.3 Å². The molecule has 1 N–H and O–H groups in total. The summed E-state index contributed by atoms with van der Waals surface area (Å²) in [5, 5.41) is 0. The van der Waals surface area contributed by atoms with E-state index in [1.165, 1.54) is 6.42 Å². The number of imidazole rings is 1. The van der Waals surface area contributed by atoms with Crippen LogP contribution in [0.2, 0.25) is 0 Å². The average molecular weight is 136 g/mol. The lowest BCUT2D eigenvalue weighted by Gasteiger charge is -1.82. The highest BCUT2D eigenvalue weighted by molar-refractivity contribution is 5.38. The van der Waals surface area contributed by atoms with E-state index < -0.39 is 0 Å². The third-order valence-corrected chi connectivity index (χ3v) is 1.25. The second kappa shape index (κ2) is 3.88. The molecule has 2 heteroatoms. The molecule has 0 bridgehead atoms. The fourth-order valence-electron chi connectivity index (χ4n) is 0.730. The number of aromatic amines is 1. The molecule has 0 unspecified atom stereocenters. The lowest BCUT2D eigenvalue weighted by atomic mass is 10.3. The maximum atomic E-state index is 4.05. The van der Waals surface area contributed by atoms with Crippen molar-refractivity contribution >= 4 is 6.08 Å². The third-order valence-electron chi connectivity index (χ3n) is 1.25. The Balaban J connectivity index is 2.40. The van der Waals surface area contributed by atoms with Crippen LogP contribution in [0, 0.1) is 0 Å². The van der Waals surface area contributed by atoms with Gasteiger partial charge in [0.05, 0.1) is 0 Å². The molecule has 54 valence electrons. The lowest BCUT2D eigenvalue weighted by Crippen LogP contribution is -1.71. The Morgan fingerprint density at radius 3 is 3.20 bits per heavy atom. The van der Waals surface area contributed by atoms with E-state index in [4.69, 9.17) is 0 Å². The van der Waals surface area contributed by atoms with Crippen molar-refractivity contribution in [2.45, 2.75) is 19.8 Å². The summed E-state index contributed by atoms with van der Waals surface area (Å²) in [4.78, 5) is 7.04. The highest BCUT2D eigenvalue weighted by atomic mass is 14.9. The van der Waals surface area contributed by atoms with Gasteiger partial charge in [0.25, 0.3) is 0 Å². The number of aromatic nitrogens is 2. The van der Waals surface area contributed by atoms with Crippen LogP contribution in [0.4, 0.5) is 0 Å². The van der Waals surface area contributed by atoms with Crippen molar-refractivity contribution in [1.82, 2.24) is 9.97 Å². The molecule has 0 amide bonds. The van der Waals surface area contributed by atoms with Crippen LogP contribution >= 0.6 is 0 Å². The molecule has 0 saturated carbocycles. The van der Waals surface area contributed by atoms with Crippen LogP contribution in [0.5, 0.6) is 0 Å². The van der Waals surface area contributed by atoms with E-state index in [9.17, 15) is 0 Å². The summed E-state index contributed by atoms with van der Waals surface area (Å²) in [5.41, 5.74) is 0. The Hall–Kier alpha value is -1.05. The molecule has 1 aromatic heterocycles. The summed E-state index contributed by atoms with van der Waals surface area (Å²) in [6.07, 6.45) is 10.0. The molecule has 0 aliphatic rings. The quantitative estimate of drug-likeness (QED) is 0.678. The van der Waals surface area contributed by atoms with Crippen LogP contribution in [0.1, 0.15) is 25.6 Å². The number of rotatable bonds is 3. The highest BCUT2D eigenvalue weighted by Gasteiger charge is 1.82. The number of H-pyrrole nitrogens is 1. The Morgan fingerprint density at radius 1 is 1.70 bits per heavy atom. The monoisotopic (exact) mass is 136 g/mol. The maximum absolute atomic E-state index is 4.05. The second-order valence-electron chi connectivity index (χ2n) is 2.17. The Morgan fingerprint density at radius 2 is 2.60 bits per heavy atom. The second-order valence-corrected chi connectivity index (χ2v) is 2.17. The van der Waals surface area contributed by atoms with Gasteiger partial charge in [-0.15, -0.1) is 0 Å². The Labute approximate surface area is 61.0 Å². The van der Waals surface area contributed by atoms with Crippen LogP contribution in [-0.2, 0) is 0 Å². The van der Waals surface area contributed by atoms with Crippen LogP contribution < -0.4 is 0 Å². The fourth-order valence-corrected chi connectivity index (χ4v) is 0.730. The summed E-state index contributed by atoms with van der Waals surface area (Å²) in [6, 6.07) is 0. The van der Waals surface area contributed by atoms with Gasteiger partial charge in [0.1, 0.15) is 5.82 Å². The molecule has 2 nitrogen and oxygen atoms in total. The van der Waals surface area contributed by atoms with Crippen LogP contribution in [-0.4, -0.2) is 9.97 Å². The molecule has 1 heterocycles. The van der Waals surface area contributed by atoms with Crippen molar-refractivity contribution in [2.75, 3.05) is 0 Å². The largest absolute Gasteiger partial charge is 0.345 e. The zero-order chi connectivity index (χ0) is 7.23. The first kappa shape index (κ1) is 7.06. The molecule has 1 aromatic rings. The van der Waals surface area contributed by atoms with Gasteiger partial charge < -0.3 is 4.98 Å². The summed E-state index contributed by atoms with van der Waals surface area (Å²) < 4.78 is 0. The van der Waals surface area contributed by atoms with Gasteiger partial charge in [0.15, 0.2) is 0 Å². The first-order chi connectivity index (χ1) is 4.93. The van der Waals surface area contributed by atoms with Gasteiger partial charge in [-0.1, -0.05) is 19.4 Å². The van der Waals surface area contributed by atoms with Crippen LogP contribution in [0.3, 0.4) is 0 Å². The van der Waals surface area contributed by atoms with E-state index in [2.05, 4.69) is 23.0 Å². The molecule has 0 aliphatic carbocycles. The topological polar surface area (TPSA) is 28.7 Å². The maximum Gasteiger partial charge on any atom is 0.129 e.